The predicted molar refractivity (Wildman–Crippen MR) is 143 cm³/mol. The van der Waals surface area contributed by atoms with Crippen LogP contribution in [-0.4, -0.2) is 32.9 Å². The van der Waals surface area contributed by atoms with Crippen LogP contribution in [0, 0.1) is 13.8 Å². The molecular weight excluding hydrogens is 440 g/mol. The van der Waals surface area contributed by atoms with Crippen molar-refractivity contribution in [1.82, 2.24) is 25.3 Å². The number of anilines is 2. The van der Waals surface area contributed by atoms with E-state index in [-0.39, 0.29) is 10.2 Å². The topological polar surface area (TPSA) is 105 Å². The van der Waals surface area contributed by atoms with Crippen LogP contribution in [0.25, 0.3) is 22.2 Å². The first-order valence-electron chi connectivity index (χ1n) is 11.2. The van der Waals surface area contributed by atoms with Gasteiger partial charge in [-0.15, -0.1) is 0 Å². The number of benzene rings is 2. The third kappa shape index (κ3) is 4.96. The average molecular weight is 471 g/mol. The fourth-order valence-electron chi connectivity index (χ4n) is 3.89. The molecular formula is C27H30N6O2. The minimum atomic E-state index is -0.270. The van der Waals surface area contributed by atoms with Gasteiger partial charge in [-0.1, -0.05) is 12.1 Å². The number of hydrogen-bond acceptors (Lipinski definition) is 6. The Balaban J connectivity index is 0.00000169. The van der Waals surface area contributed by atoms with Crippen molar-refractivity contribution in [1.29, 1.82) is 0 Å². The summed E-state index contributed by atoms with van der Waals surface area (Å²) in [7, 11) is 1.56. The van der Waals surface area contributed by atoms with Crippen LogP contribution in [0.5, 0.6) is 11.5 Å². The first-order chi connectivity index (χ1) is 17.0. The second-order valence-electron chi connectivity index (χ2n) is 8.17. The van der Waals surface area contributed by atoms with Gasteiger partial charge in [-0.05, 0) is 67.4 Å². The molecule has 0 saturated carbocycles. The Morgan fingerprint density at radius 3 is 2.51 bits per heavy atom. The molecule has 0 fully saturated rings. The van der Waals surface area contributed by atoms with Crippen molar-refractivity contribution < 1.29 is 13.8 Å². The van der Waals surface area contributed by atoms with E-state index < -0.39 is 0 Å². The molecule has 0 bridgehead atoms. The second kappa shape index (κ2) is 9.26. The summed E-state index contributed by atoms with van der Waals surface area (Å²) in [5, 5.41) is 5.91. The molecule has 8 nitrogen and oxygen atoms in total. The third-order valence-corrected chi connectivity index (χ3v) is 5.42. The van der Waals surface area contributed by atoms with Crippen LogP contribution in [0.15, 0.2) is 72.9 Å². The number of rotatable bonds is 6. The lowest BCUT2D eigenvalue weighted by atomic mass is 10.0. The highest BCUT2D eigenvalue weighted by molar-refractivity contribution is 5.92. The van der Waals surface area contributed by atoms with Gasteiger partial charge < -0.3 is 20.4 Å². The molecule has 0 atom stereocenters. The van der Waals surface area contributed by atoms with Crippen molar-refractivity contribution in [3.05, 3.63) is 90.0 Å². The number of aromatic amines is 1. The fraction of sp³-hybridized carbons (Fsp3) is 0.111. The van der Waals surface area contributed by atoms with Crippen molar-refractivity contribution in [3.63, 3.8) is 0 Å². The standard InChI is InChI=1S/C27H24N6O2.3H2/c1-16-11-19(12-17(2)30-16)18-5-4-6-20(13-18)31-27-32-23-8-7-21(14-24(23)33-27)35-22-9-10-29-25(15-22)26(34)28-3;;;/h4-15H,1-3H3,(H,28,34)(H2,31,32,33);3*1H. The summed E-state index contributed by atoms with van der Waals surface area (Å²) >= 11 is 0. The van der Waals surface area contributed by atoms with Gasteiger partial charge in [-0.2, -0.15) is 0 Å². The highest BCUT2D eigenvalue weighted by atomic mass is 16.5. The number of aryl methyl sites for hydroxylation is 2. The van der Waals surface area contributed by atoms with Crippen LogP contribution in [0.2, 0.25) is 0 Å². The minimum Gasteiger partial charge on any atom is -0.457 e. The van der Waals surface area contributed by atoms with Crippen molar-refractivity contribution >= 4 is 28.6 Å². The quantitative estimate of drug-likeness (QED) is 0.270. The SMILES string of the molecule is CNC(=O)c1cc(Oc2ccc3nc(Nc4cccc(-c5cc(C)nc(C)c5)c4)[nH]c3c2)ccn1.[HH].[HH].[HH]. The van der Waals surface area contributed by atoms with Gasteiger partial charge in [-0.3, -0.25) is 14.8 Å². The fourth-order valence-corrected chi connectivity index (χ4v) is 3.89. The van der Waals surface area contributed by atoms with Gasteiger partial charge in [-0.25, -0.2) is 4.98 Å². The van der Waals surface area contributed by atoms with E-state index in [4.69, 9.17) is 4.74 Å². The summed E-state index contributed by atoms with van der Waals surface area (Å²) in [5.74, 6) is 1.50. The molecule has 0 aliphatic rings. The maximum absolute atomic E-state index is 11.8. The van der Waals surface area contributed by atoms with Gasteiger partial charge in [0.2, 0.25) is 5.95 Å². The van der Waals surface area contributed by atoms with E-state index >= 15 is 0 Å². The first-order valence-corrected chi connectivity index (χ1v) is 11.2. The monoisotopic (exact) mass is 470 g/mol. The number of ether oxygens (including phenoxy) is 1. The van der Waals surface area contributed by atoms with Gasteiger partial charge in [0.1, 0.15) is 17.2 Å². The Bertz CT molecular complexity index is 1540. The Morgan fingerprint density at radius 1 is 0.914 bits per heavy atom. The highest BCUT2D eigenvalue weighted by Gasteiger charge is 2.09. The van der Waals surface area contributed by atoms with Crippen molar-refractivity contribution in [3.8, 4) is 22.6 Å². The Labute approximate surface area is 206 Å². The number of nitrogens with zero attached hydrogens (tertiary/aromatic N) is 3. The molecule has 180 valence electrons. The molecule has 5 aromatic rings. The largest absolute Gasteiger partial charge is 0.457 e. The van der Waals surface area contributed by atoms with E-state index in [1.54, 1.807) is 25.4 Å². The third-order valence-electron chi connectivity index (χ3n) is 5.42. The molecule has 0 aliphatic carbocycles. The van der Waals surface area contributed by atoms with Gasteiger partial charge in [0.15, 0.2) is 0 Å². The summed E-state index contributed by atoms with van der Waals surface area (Å²) < 4.78 is 5.94. The first kappa shape index (κ1) is 22.1. The van der Waals surface area contributed by atoms with Crippen molar-refractivity contribution in [2.45, 2.75) is 13.8 Å². The number of nitrogens with one attached hydrogen (secondary N) is 3. The van der Waals surface area contributed by atoms with Crippen molar-refractivity contribution in [2.75, 3.05) is 12.4 Å². The van der Waals surface area contributed by atoms with Crippen LogP contribution < -0.4 is 15.4 Å². The summed E-state index contributed by atoms with van der Waals surface area (Å²) in [5.41, 5.74) is 7.04. The molecule has 3 heterocycles. The maximum atomic E-state index is 11.8. The van der Waals surface area contributed by atoms with Crippen LogP contribution in [-0.2, 0) is 0 Å². The molecule has 5 rings (SSSR count). The summed E-state index contributed by atoms with van der Waals surface area (Å²) in [4.78, 5) is 28.3. The van der Waals surface area contributed by atoms with E-state index in [0.29, 0.717) is 23.1 Å². The number of carbonyl (C=O) groups is 1. The number of amides is 1. The summed E-state index contributed by atoms with van der Waals surface area (Å²) in [6, 6.07) is 21.2. The van der Waals surface area contributed by atoms with Gasteiger partial charge in [0.25, 0.3) is 5.91 Å². The highest BCUT2D eigenvalue weighted by Crippen LogP contribution is 2.28. The molecule has 0 radical (unpaired) electrons. The lowest BCUT2D eigenvalue weighted by Crippen LogP contribution is -2.18. The number of H-pyrrole nitrogens is 1. The average Bonchev–Trinajstić information content (AvgIpc) is 3.24. The number of aromatic nitrogens is 4. The second-order valence-corrected chi connectivity index (χ2v) is 8.17. The molecule has 1 amide bonds. The molecule has 3 N–H and O–H groups in total. The Hall–Kier alpha value is -4.72. The van der Waals surface area contributed by atoms with Crippen LogP contribution in [0.1, 0.15) is 26.2 Å². The van der Waals surface area contributed by atoms with E-state index in [0.717, 1.165) is 39.2 Å². The number of carbonyl (C=O) groups excluding carboxylic acids is 1. The minimum absolute atomic E-state index is 0. The summed E-state index contributed by atoms with van der Waals surface area (Å²) in [6.45, 7) is 4.00. The van der Waals surface area contributed by atoms with Gasteiger partial charge >= 0.3 is 0 Å². The maximum Gasteiger partial charge on any atom is 0.269 e. The number of pyridine rings is 2. The molecule has 0 aliphatic heterocycles. The number of fused-ring (bicyclic) bond motifs is 1. The van der Waals surface area contributed by atoms with Crippen molar-refractivity contribution in [2.24, 2.45) is 0 Å². The zero-order valence-electron chi connectivity index (χ0n) is 19.6. The number of imidazole rings is 1. The Kier molecular flexibility index (Phi) is 5.85. The summed E-state index contributed by atoms with van der Waals surface area (Å²) in [6.07, 6.45) is 1.54. The normalized spacial score (nSPS) is 10.8. The van der Waals surface area contributed by atoms with Gasteiger partial charge in [0.05, 0.1) is 11.0 Å². The predicted octanol–water partition coefficient (Wildman–Crippen LogP) is 6.27. The number of hydrogen-bond donors (Lipinski definition) is 3. The lowest BCUT2D eigenvalue weighted by molar-refractivity contribution is 0.0958. The van der Waals surface area contributed by atoms with E-state index in [2.05, 4.69) is 54.8 Å². The Morgan fingerprint density at radius 2 is 1.71 bits per heavy atom. The van der Waals surface area contributed by atoms with Crippen LogP contribution >= 0.6 is 0 Å². The van der Waals surface area contributed by atoms with Crippen LogP contribution in [0.3, 0.4) is 0 Å². The molecule has 2 aromatic carbocycles. The lowest BCUT2D eigenvalue weighted by Gasteiger charge is -2.08. The zero-order valence-corrected chi connectivity index (χ0v) is 19.6. The molecule has 0 unspecified atom stereocenters. The van der Waals surface area contributed by atoms with E-state index in [9.17, 15) is 4.79 Å². The smallest absolute Gasteiger partial charge is 0.269 e. The molecule has 0 saturated heterocycles. The van der Waals surface area contributed by atoms with E-state index in [1.165, 1.54) is 0 Å². The molecule has 0 spiro atoms. The molecule has 8 heteroatoms. The van der Waals surface area contributed by atoms with Gasteiger partial charge in [0, 0.05) is 46.7 Å². The molecule has 35 heavy (non-hydrogen) atoms. The zero-order chi connectivity index (χ0) is 24.4. The van der Waals surface area contributed by atoms with E-state index in [1.807, 2.05) is 44.2 Å². The van der Waals surface area contributed by atoms with Crippen LogP contribution in [0.4, 0.5) is 11.6 Å². The molecule has 3 aromatic heterocycles.